The van der Waals surface area contributed by atoms with Crippen LogP contribution in [0.25, 0.3) is 0 Å². The van der Waals surface area contributed by atoms with Crippen molar-refractivity contribution in [2.75, 3.05) is 18.6 Å². The molecule has 1 aromatic heterocycles. The molecular formula is C16H29N3Si. The Balaban J connectivity index is 2.29. The Morgan fingerprint density at radius 2 is 2.05 bits per heavy atom. The zero-order valence-electron chi connectivity index (χ0n) is 13.8. The third kappa shape index (κ3) is 3.06. The summed E-state index contributed by atoms with van der Waals surface area (Å²) < 4.78 is 0. The molecule has 1 atom stereocenters. The Kier molecular flexibility index (Phi) is 4.26. The minimum absolute atomic E-state index is 0.309. The second kappa shape index (κ2) is 5.49. The highest BCUT2D eigenvalue weighted by Crippen LogP contribution is 2.39. The molecule has 2 rings (SSSR count). The molecule has 1 unspecified atom stereocenters. The van der Waals surface area contributed by atoms with Gasteiger partial charge in [-0.05, 0) is 37.5 Å². The highest BCUT2D eigenvalue weighted by Gasteiger charge is 2.37. The maximum atomic E-state index is 4.65. The number of anilines is 1. The summed E-state index contributed by atoms with van der Waals surface area (Å²) in [7, 11) is 0.642. The van der Waals surface area contributed by atoms with E-state index in [1.165, 1.54) is 24.9 Å². The van der Waals surface area contributed by atoms with Gasteiger partial charge in [-0.1, -0.05) is 39.9 Å². The van der Waals surface area contributed by atoms with Crippen molar-refractivity contribution in [3.8, 4) is 0 Å². The summed E-state index contributed by atoms with van der Waals surface area (Å²) in [5.74, 6) is 1.11. The van der Waals surface area contributed by atoms with Crippen LogP contribution in [0.1, 0.15) is 45.2 Å². The van der Waals surface area contributed by atoms with Crippen LogP contribution in [0.2, 0.25) is 18.1 Å². The average Bonchev–Trinajstić information content (AvgIpc) is 2.74. The lowest BCUT2D eigenvalue weighted by atomic mass is 10.1. The Bertz CT molecular complexity index is 465. The summed E-state index contributed by atoms with van der Waals surface area (Å²) in [5, 5.41) is 0.309. The van der Waals surface area contributed by atoms with Crippen LogP contribution >= 0.6 is 0 Å². The number of nitrogens with one attached hydrogen (secondary N) is 1. The summed E-state index contributed by atoms with van der Waals surface area (Å²) in [4.78, 5) is 10.9. The van der Waals surface area contributed by atoms with Gasteiger partial charge in [0.1, 0.15) is 5.82 Å². The number of nitrogens with zero attached hydrogens (tertiary/aromatic N) is 2. The minimum atomic E-state index is -1.58. The molecule has 1 aliphatic rings. The van der Waals surface area contributed by atoms with Gasteiger partial charge < -0.3 is 4.98 Å². The van der Waals surface area contributed by atoms with Crippen LogP contribution in [0.15, 0.2) is 18.3 Å². The molecule has 112 valence electrons. The fourth-order valence-electron chi connectivity index (χ4n) is 2.58. The number of rotatable bonds is 3. The zero-order chi connectivity index (χ0) is 15.0. The summed E-state index contributed by atoms with van der Waals surface area (Å²) in [6.45, 7) is 13.0. The van der Waals surface area contributed by atoms with E-state index in [4.69, 9.17) is 0 Å². The van der Waals surface area contributed by atoms with Gasteiger partial charge in [-0.2, -0.15) is 0 Å². The van der Waals surface area contributed by atoms with Crippen LogP contribution in [0.3, 0.4) is 0 Å². The van der Waals surface area contributed by atoms with E-state index < -0.39 is 8.24 Å². The third-order valence-corrected chi connectivity index (χ3v) is 9.64. The molecule has 1 aromatic rings. The molecule has 0 saturated carbocycles. The Morgan fingerprint density at radius 1 is 1.35 bits per heavy atom. The van der Waals surface area contributed by atoms with Gasteiger partial charge in [0, 0.05) is 17.8 Å². The molecule has 1 N–H and O–H groups in total. The summed E-state index contributed by atoms with van der Waals surface area (Å²) in [6, 6.07) is 4.84. The van der Waals surface area contributed by atoms with Crippen LogP contribution in [-0.4, -0.2) is 31.7 Å². The number of pyridine rings is 1. The predicted octanol–water partition coefficient (Wildman–Crippen LogP) is 4.27. The van der Waals surface area contributed by atoms with Crippen molar-refractivity contribution in [1.29, 1.82) is 0 Å². The van der Waals surface area contributed by atoms with Gasteiger partial charge in [-0.25, -0.2) is 4.98 Å². The van der Waals surface area contributed by atoms with E-state index in [2.05, 4.69) is 67.9 Å². The molecule has 0 amide bonds. The Labute approximate surface area is 124 Å². The van der Waals surface area contributed by atoms with Crippen LogP contribution < -0.4 is 4.98 Å². The zero-order valence-corrected chi connectivity index (χ0v) is 14.8. The molecule has 0 aromatic carbocycles. The maximum Gasteiger partial charge on any atom is 0.154 e. The molecule has 0 spiro atoms. The van der Waals surface area contributed by atoms with E-state index in [0.717, 1.165) is 5.82 Å². The Hall–Kier alpha value is -0.873. The first kappa shape index (κ1) is 15.5. The minimum Gasteiger partial charge on any atom is -0.395 e. The summed E-state index contributed by atoms with van der Waals surface area (Å²) in [5.41, 5.74) is 1.37. The van der Waals surface area contributed by atoms with E-state index in [-0.39, 0.29) is 0 Å². The summed E-state index contributed by atoms with van der Waals surface area (Å²) >= 11 is 0. The van der Waals surface area contributed by atoms with Crippen LogP contribution in [0.5, 0.6) is 0 Å². The molecule has 0 radical (unpaired) electrons. The molecule has 2 heterocycles. The number of hydrogen-bond donors (Lipinski definition) is 1. The van der Waals surface area contributed by atoms with Crippen molar-refractivity contribution in [2.24, 2.45) is 0 Å². The molecular weight excluding hydrogens is 262 g/mol. The lowest BCUT2D eigenvalue weighted by Crippen LogP contribution is -2.46. The van der Waals surface area contributed by atoms with Gasteiger partial charge in [0.15, 0.2) is 8.24 Å². The van der Waals surface area contributed by atoms with Crippen molar-refractivity contribution < 1.29 is 0 Å². The molecule has 20 heavy (non-hydrogen) atoms. The van der Waals surface area contributed by atoms with Gasteiger partial charge in [0.05, 0.1) is 0 Å². The Morgan fingerprint density at radius 3 is 2.60 bits per heavy atom. The molecule has 1 saturated heterocycles. The van der Waals surface area contributed by atoms with Crippen LogP contribution in [0.4, 0.5) is 5.82 Å². The number of hydrogen-bond acceptors (Lipinski definition) is 3. The SMILES string of the molecule is CN1CCCC1c1cccnc1N[Si](C)(C)C(C)(C)C. The van der Waals surface area contributed by atoms with Crippen LogP contribution in [0, 0.1) is 0 Å². The fraction of sp³-hybridized carbons (Fsp3) is 0.688. The quantitative estimate of drug-likeness (QED) is 0.843. The van der Waals surface area contributed by atoms with Gasteiger partial charge in [0.2, 0.25) is 0 Å². The number of likely N-dealkylation sites (tertiary alicyclic amines) is 1. The highest BCUT2D eigenvalue weighted by atomic mass is 28.3. The van der Waals surface area contributed by atoms with Crippen LogP contribution in [-0.2, 0) is 0 Å². The number of aromatic nitrogens is 1. The van der Waals surface area contributed by atoms with E-state index in [1.807, 2.05) is 6.20 Å². The topological polar surface area (TPSA) is 28.2 Å². The standard InChI is InChI=1S/C16H29N3Si/c1-16(2,3)20(5,6)18-15-13(9-7-11-17-15)14-10-8-12-19(14)4/h7,9,11,14H,8,10,12H2,1-6H3,(H,17,18). The smallest absolute Gasteiger partial charge is 0.154 e. The molecule has 0 bridgehead atoms. The second-order valence-electron chi connectivity index (χ2n) is 7.58. The maximum absolute atomic E-state index is 4.65. The van der Waals surface area contributed by atoms with E-state index in [0.29, 0.717) is 11.1 Å². The molecule has 3 nitrogen and oxygen atoms in total. The first-order valence-corrected chi connectivity index (χ1v) is 10.7. The lowest BCUT2D eigenvalue weighted by Gasteiger charge is -2.38. The van der Waals surface area contributed by atoms with Crippen molar-refractivity contribution in [1.82, 2.24) is 9.88 Å². The normalized spacial score (nSPS) is 21.2. The fourth-order valence-corrected chi connectivity index (χ4v) is 3.75. The monoisotopic (exact) mass is 291 g/mol. The lowest BCUT2D eigenvalue weighted by molar-refractivity contribution is 0.318. The average molecular weight is 292 g/mol. The van der Waals surface area contributed by atoms with Crippen molar-refractivity contribution in [3.63, 3.8) is 0 Å². The van der Waals surface area contributed by atoms with E-state index in [9.17, 15) is 0 Å². The van der Waals surface area contributed by atoms with Gasteiger partial charge in [0.25, 0.3) is 0 Å². The van der Waals surface area contributed by atoms with Crippen molar-refractivity contribution in [3.05, 3.63) is 23.9 Å². The molecule has 1 fully saturated rings. The molecule has 0 aliphatic carbocycles. The van der Waals surface area contributed by atoms with E-state index in [1.54, 1.807) is 0 Å². The van der Waals surface area contributed by atoms with Crippen molar-refractivity contribution >= 4 is 14.1 Å². The second-order valence-corrected chi connectivity index (χ2v) is 12.6. The summed E-state index contributed by atoms with van der Waals surface area (Å²) in [6.07, 6.45) is 4.44. The first-order valence-electron chi connectivity index (χ1n) is 7.66. The third-order valence-electron chi connectivity index (χ3n) is 5.02. The van der Waals surface area contributed by atoms with Gasteiger partial charge >= 0.3 is 0 Å². The first-order chi connectivity index (χ1) is 9.22. The van der Waals surface area contributed by atoms with Crippen molar-refractivity contribution in [2.45, 2.75) is 57.8 Å². The largest absolute Gasteiger partial charge is 0.395 e. The molecule has 4 heteroatoms. The van der Waals surface area contributed by atoms with Gasteiger partial charge in [-0.3, -0.25) is 4.90 Å². The highest BCUT2D eigenvalue weighted by molar-refractivity contribution is 6.83. The van der Waals surface area contributed by atoms with E-state index >= 15 is 0 Å². The predicted molar refractivity (Wildman–Crippen MR) is 89.7 cm³/mol. The molecule has 1 aliphatic heterocycles. The van der Waals surface area contributed by atoms with Gasteiger partial charge in [-0.15, -0.1) is 0 Å².